The van der Waals surface area contributed by atoms with E-state index in [4.69, 9.17) is 0 Å². The van der Waals surface area contributed by atoms with Crippen LogP contribution in [0.15, 0.2) is 40.4 Å². The van der Waals surface area contributed by atoms with Crippen molar-refractivity contribution in [1.29, 1.82) is 0 Å². The highest BCUT2D eigenvalue weighted by Crippen LogP contribution is 2.22. The molecule has 1 rings (SSSR count). The summed E-state index contributed by atoms with van der Waals surface area (Å²) in [6, 6.07) is 5.67. The molecule has 1 aromatic rings. The third kappa shape index (κ3) is 8.89. The molecular weight excluding hydrogens is 279 g/mol. The van der Waals surface area contributed by atoms with Crippen LogP contribution < -0.4 is 4.74 Å². The molecule has 0 saturated heterocycles. The molecule has 5 heteroatoms. The Labute approximate surface area is 124 Å². The van der Waals surface area contributed by atoms with Crippen molar-refractivity contribution in [2.24, 2.45) is 4.99 Å². The van der Waals surface area contributed by atoms with E-state index in [1.807, 2.05) is 14.0 Å². The second-order valence-electron chi connectivity index (χ2n) is 4.79. The molecule has 21 heavy (non-hydrogen) atoms. The lowest BCUT2D eigenvalue weighted by molar-refractivity contribution is -0.274. The molecule has 0 atom stereocenters. The van der Waals surface area contributed by atoms with Crippen molar-refractivity contribution < 1.29 is 17.9 Å². The van der Waals surface area contributed by atoms with E-state index in [1.165, 1.54) is 23.3 Å². The number of rotatable bonds is 2. The van der Waals surface area contributed by atoms with Crippen molar-refractivity contribution >= 4 is 5.71 Å². The highest BCUT2D eigenvalue weighted by Gasteiger charge is 2.30. The highest BCUT2D eigenvalue weighted by molar-refractivity contribution is 5.98. The van der Waals surface area contributed by atoms with Gasteiger partial charge in [0, 0.05) is 12.8 Å². The molecule has 0 aromatic heterocycles. The maximum absolute atomic E-state index is 11.6. The predicted molar refractivity (Wildman–Crippen MR) is 80.9 cm³/mol. The number of aliphatic imine (C=N–C) groups is 1. The Morgan fingerprint density at radius 3 is 1.76 bits per heavy atom. The van der Waals surface area contributed by atoms with E-state index in [0.717, 1.165) is 11.3 Å². The SMILES string of the molecule is CN=C(C)C(C)=C(C)C.Cc1ccc(OC(F)(F)F)cc1. The lowest BCUT2D eigenvalue weighted by atomic mass is 10.1. The summed E-state index contributed by atoms with van der Waals surface area (Å²) >= 11 is 0. The third-order valence-electron chi connectivity index (χ3n) is 2.88. The van der Waals surface area contributed by atoms with Gasteiger partial charge in [0.25, 0.3) is 0 Å². The number of alkyl halides is 3. The van der Waals surface area contributed by atoms with Crippen molar-refractivity contribution in [2.45, 2.75) is 41.0 Å². The second-order valence-corrected chi connectivity index (χ2v) is 4.79. The number of aryl methyl sites for hydroxylation is 1. The minimum atomic E-state index is -4.60. The van der Waals surface area contributed by atoms with Gasteiger partial charge in [-0.2, -0.15) is 0 Å². The molecule has 0 bridgehead atoms. The van der Waals surface area contributed by atoms with E-state index in [9.17, 15) is 13.2 Å². The summed E-state index contributed by atoms with van der Waals surface area (Å²) < 4.78 is 38.5. The van der Waals surface area contributed by atoms with E-state index in [1.54, 1.807) is 19.1 Å². The van der Waals surface area contributed by atoms with Gasteiger partial charge in [-0.3, -0.25) is 4.99 Å². The quantitative estimate of drug-likeness (QED) is 0.677. The number of halogens is 3. The first-order valence-electron chi connectivity index (χ1n) is 6.47. The van der Waals surface area contributed by atoms with Crippen LogP contribution >= 0.6 is 0 Å². The van der Waals surface area contributed by atoms with E-state index < -0.39 is 6.36 Å². The summed E-state index contributed by atoms with van der Waals surface area (Å²) in [6.45, 7) is 10.1. The van der Waals surface area contributed by atoms with Gasteiger partial charge >= 0.3 is 6.36 Å². The number of ether oxygens (including phenoxy) is 1. The van der Waals surface area contributed by atoms with Gasteiger partial charge in [-0.25, -0.2) is 0 Å². The number of hydrogen-bond donors (Lipinski definition) is 0. The summed E-state index contributed by atoms with van der Waals surface area (Å²) in [5.41, 5.74) is 4.68. The first kappa shape index (κ1) is 19.2. The van der Waals surface area contributed by atoms with E-state index in [-0.39, 0.29) is 5.75 Å². The molecule has 1 aromatic carbocycles. The summed E-state index contributed by atoms with van der Waals surface area (Å²) in [6.07, 6.45) is -4.60. The van der Waals surface area contributed by atoms with E-state index in [2.05, 4.69) is 30.5 Å². The zero-order chi connectivity index (χ0) is 16.6. The van der Waals surface area contributed by atoms with Crippen LogP contribution in [0, 0.1) is 6.92 Å². The minimum absolute atomic E-state index is 0.187. The van der Waals surface area contributed by atoms with E-state index in [0.29, 0.717) is 0 Å². The Kier molecular flexibility index (Phi) is 7.77. The van der Waals surface area contributed by atoms with Gasteiger partial charge in [-0.05, 0) is 52.3 Å². The van der Waals surface area contributed by atoms with Crippen molar-refractivity contribution in [3.63, 3.8) is 0 Å². The molecule has 0 radical (unpaired) electrons. The maximum atomic E-state index is 11.6. The number of hydrogen-bond acceptors (Lipinski definition) is 2. The average Bonchev–Trinajstić information content (AvgIpc) is 2.38. The van der Waals surface area contributed by atoms with Crippen LogP contribution in [0.25, 0.3) is 0 Å². The fourth-order valence-electron chi connectivity index (χ4n) is 1.27. The molecule has 0 spiro atoms. The molecule has 0 aliphatic rings. The summed E-state index contributed by atoms with van der Waals surface area (Å²) in [5, 5.41) is 0. The monoisotopic (exact) mass is 301 g/mol. The molecule has 118 valence electrons. The molecule has 2 nitrogen and oxygen atoms in total. The van der Waals surface area contributed by atoms with Crippen molar-refractivity contribution in [3.05, 3.63) is 41.0 Å². The molecule has 0 aliphatic heterocycles. The van der Waals surface area contributed by atoms with Crippen LogP contribution in [0.3, 0.4) is 0 Å². The fourth-order valence-corrected chi connectivity index (χ4v) is 1.27. The topological polar surface area (TPSA) is 21.6 Å². The molecule has 0 aliphatic carbocycles. The Balaban J connectivity index is 0.000000400. The van der Waals surface area contributed by atoms with Gasteiger partial charge < -0.3 is 4.74 Å². The first-order valence-corrected chi connectivity index (χ1v) is 6.47. The Morgan fingerprint density at radius 2 is 1.48 bits per heavy atom. The van der Waals surface area contributed by atoms with Gasteiger partial charge in [0.2, 0.25) is 0 Å². The van der Waals surface area contributed by atoms with Crippen LogP contribution in [0.2, 0.25) is 0 Å². The van der Waals surface area contributed by atoms with Gasteiger partial charge in [0.1, 0.15) is 5.75 Å². The highest BCUT2D eigenvalue weighted by atomic mass is 19.4. The first-order chi connectivity index (χ1) is 9.56. The number of benzene rings is 1. The molecule has 0 heterocycles. The summed E-state index contributed by atoms with van der Waals surface area (Å²) in [7, 11) is 1.82. The van der Waals surface area contributed by atoms with E-state index >= 15 is 0 Å². The smallest absolute Gasteiger partial charge is 0.406 e. The molecule has 0 unspecified atom stereocenters. The molecular formula is C16H22F3NO. The minimum Gasteiger partial charge on any atom is -0.406 e. The van der Waals surface area contributed by atoms with Gasteiger partial charge in [0.05, 0.1) is 0 Å². The normalized spacial score (nSPS) is 11.4. The van der Waals surface area contributed by atoms with Crippen molar-refractivity contribution in [1.82, 2.24) is 0 Å². The summed E-state index contributed by atoms with van der Waals surface area (Å²) in [5.74, 6) is -0.187. The molecule has 0 N–H and O–H groups in total. The third-order valence-corrected chi connectivity index (χ3v) is 2.88. The number of nitrogens with zero attached hydrogens (tertiary/aromatic N) is 1. The van der Waals surface area contributed by atoms with Crippen molar-refractivity contribution in [2.75, 3.05) is 7.05 Å². The standard InChI is InChI=1S/C8H7F3O.C8H15N/c1-6-2-4-7(5-3-6)12-8(9,10)11;1-6(2)7(3)8(4)9-5/h2-5H,1H3;1-5H3. The van der Waals surface area contributed by atoms with Crippen LogP contribution in [-0.4, -0.2) is 19.1 Å². The fraction of sp³-hybridized carbons (Fsp3) is 0.438. The lowest BCUT2D eigenvalue weighted by Crippen LogP contribution is -2.16. The van der Waals surface area contributed by atoms with Crippen LogP contribution in [-0.2, 0) is 0 Å². The zero-order valence-electron chi connectivity index (χ0n) is 13.3. The molecule has 0 amide bonds. The average molecular weight is 301 g/mol. The van der Waals surface area contributed by atoms with Gasteiger partial charge in [-0.15, -0.1) is 13.2 Å². The molecule has 0 fully saturated rings. The number of allylic oxidation sites excluding steroid dienone is 2. The van der Waals surface area contributed by atoms with Crippen LogP contribution in [0.4, 0.5) is 13.2 Å². The lowest BCUT2D eigenvalue weighted by Gasteiger charge is -2.08. The zero-order valence-corrected chi connectivity index (χ0v) is 13.3. The van der Waals surface area contributed by atoms with Gasteiger partial charge in [0.15, 0.2) is 0 Å². The maximum Gasteiger partial charge on any atom is 0.573 e. The Bertz CT molecular complexity index is 495. The summed E-state index contributed by atoms with van der Waals surface area (Å²) in [4.78, 5) is 4.07. The molecule has 0 saturated carbocycles. The van der Waals surface area contributed by atoms with Gasteiger partial charge in [-0.1, -0.05) is 23.3 Å². The Morgan fingerprint density at radius 1 is 1.00 bits per heavy atom. The Hall–Kier alpha value is -1.78. The largest absolute Gasteiger partial charge is 0.573 e. The van der Waals surface area contributed by atoms with Crippen LogP contribution in [0.1, 0.15) is 33.3 Å². The van der Waals surface area contributed by atoms with Crippen molar-refractivity contribution in [3.8, 4) is 5.75 Å². The van der Waals surface area contributed by atoms with Crippen LogP contribution in [0.5, 0.6) is 5.75 Å². The predicted octanol–water partition coefficient (Wildman–Crippen LogP) is 5.33. The second kappa shape index (κ2) is 8.49.